The Labute approximate surface area is 171 Å². The molecule has 0 aliphatic rings. The number of para-hydroxylation sites is 1. The molecular formula is C26H24N2O. The van der Waals surface area contributed by atoms with Gasteiger partial charge in [0, 0.05) is 36.1 Å². The molecule has 0 aliphatic carbocycles. The summed E-state index contributed by atoms with van der Waals surface area (Å²) in [6, 6.07) is 26.8. The van der Waals surface area contributed by atoms with E-state index in [2.05, 4.69) is 60.3 Å². The second kappa shape index (κ2) is 8.19. The van der Waals surface area contributed by atoms with Crippen LogP contribution in [0.4, 0.5) is 0 Å². The van der Waals surface area contributed by atoms with Crippen molar-refractivity contribution in [2.75, 3.05) is 0 Å². The second-order valence-corrected chi connectivity index (χ2v) is 7.24. The van der Waals surface area contributed by atoms with E-state index in [1.807, 2.05) is 48.5 Å². The van der Waals surface area contributed by atoms with Crippen LogP contribution in [-0.4, -0.2) is 10.5 Å². The lowest BCUT2D eigenvalue weighted by Gasteiger charge is -2.06. The molecule has 0 bridgehead atoms. The van der Waals surface area contributed by atoms with E-state index in [1.165, 1.54) is 5.56 Å². The number of carbonyl (C=O) groups excluding carboxylic acids is 1. The minimum atomic E-state index is -0.0995. The number of carbonyl (C=O) groups is 1. The van der Waals surface area contributed by atoms with Gasteiger partial charge < -0.3 is 9.88 Å². The Balaban J connectivity index is 1.63. The van der Waals surface area contributed by atoms with E-state index in [1.54, 1.807) is 6.08 Å². The fraction of sp³-hybridized carbons (Fsp3) is 0.115. The van der Waals surface area contributed by atoms with Crippen molar-refractivity contribution < 1.29 is 4.79 Å². The molecule has 0 unspecified atom stereocenters. The van der Waals surface area contributed by atoms with Crippen LogP contribution >= 0.6 is 0 Å². The number of benzene rings is 3. The molecule has 0 aliphatic heterocycles. The van der Waals surface area contributed by atoms with Crippen LogP contribution in [0, 0.1) is 6.92 Å². The highest BCUT2D eigenvalue weighted by atomic mass is 16.1. The minimum absolute atomic E-state index is 0.0995. The average molecular weight is 380 g/mol. The molecule has 0 saturated carbocycles. The number of nitrogens with one attached hydrogen (secondary N) is 1. The van der Waals surface area contributed by atoms with E-state index in [9.17, 15) is 4.79 Å². The van der Waals surface area contributed by atoms with Gasteiger partial charge in [-0.3, -0.25) is 4.79 Å². The zero-order valence-electron chi connectivity index (χ0n) is 16.7. The Morgan fingerprint density at radius 2 is 1.62 bits per heavy atom. The molecule has 144 valence electrons. The maximum absolute atomic E-state index is 12.4. The number of fused-ring (bicyclic) bond motifs is 1. The van der Waals surface area contributed by atoms with Crippen LogP contribution in [0.1, 0.15) is 16.7 Å². The van der Waals surface area contributed by atoms with E-state index in [-0.39, 0.29) is 5.91 Å². The largest absolute Gasteiger partial charge is 0.348 e. The lowest BCUT2D eigenvalue weighted by atomic mass is 10.0. The van der Waals surface area contributed by atoms with E-state index in [4.69, 9.17) is 0 Å². The first-order valence-corrected chi connectivity index (χ1v) is 9.78. The zero-order chi connectivity index (χ0) is 20.2. The Kier molecular flexibility index (Phi) is 5.30. The first kappa shape index (κ1) is 18.8. The van der Waals surface area contributed by atoms with Gasteiger partial charge in [0.2, 0.25) is 5.91 Å². The summed E-state index contributed by atoms with van der Waals surface area (Å²) in [6.07, 6.45) is 3.55. The Hall–Kier alpha value is -3.59. The van der Waals surface area contributed by atoms with Crippen LogP contribution in [-0.2, 0) is 18.4 Å². The number of nitrogens with zero attached hydrogens (tertiary/aromatic N) is 1. The molecule has 29 heavy (non-hydrogen) atoms. The smallest absolute Gasteiger partial charge is 0.244 e. The normalized spacial score (nSPS) is 11.2. The topological polar surface area (TPSA) is 34.0 Å². The van der Waals surface area contributed by atoms with Crippen LogP contribution in [0.15, 0.2) is 84.9 Å². The maximum atomic E-state index is 12.4. The number of rotatable bonds is 5. The van der Waals surface area contributed by atoms with Crippen LogP contribution in [0.25, 0.3) is 28.2 Å². The van der Waals surface area contributed by atoms with Crippen molar-refractivity contribution in [3.63, 3.8) is 0 Å². The molecule has 3 nitrogen and oxygen atoms in total. The summed E-state index contributed by atoms with van der Waals surface area (Å²) in [4.78, 5) is 12.4. The van der Waals surface area contributed by atoms with Crippen LogP contribution in [0.5, 0.6) is 0 Å². The quantitative estimate of drug-likeness (QED) is 0.457. The summed E-state index contributed by atoms with van der Waals surface area (Å²) >= 11 is 0. The summed E-state index contributed by atoms with van der Waals surface area (Å²) in [5.41, 5.74) is 6.74. The van der Waals surface area contributed by atoms with Gasteiger partial charge in [0.15, 0.2) is 0 Å². The molecule has 0 atom stereocenters. The lowest BCUT2D eigenvalue weighted by molar-refractivity contribution is -0.116. The van der Waals surface area contributed by atoms with Crippen molar-refractivity contribution in [2.24, 2.45) is 7.05 Å². The molecular weight excluding hydrogens is 356 g/mol. The second-order valence-electron chi connectivity index (χ2n) is 7.24. The molecule has 1 N–H and O–H groups in total. The number of hydrogen-bond acceptors (Lipinski definition) is 1. The standard InChI is InChI=1S/C26H24N2O/c1-19-12-14-20(15-13-19)18-27-25(29)17-16-23-22-10-6-7-11-24(22)28(2)26(23)21-8-4-3-5-9-21/h3-17H,18H2,1-2H3,(H,27,29)/b17-16+. The monoisotopic (exact) mass is 380 g/mol. The molecule has 1 amide bonds. The molecule has 3 heteroatoms. The Morgan fingerprint density at radius 3 is 2.38 bits per heavy atom. The SMILES string of the molecule is Cc1ccc(CNC(=O)/C=C/c2c(-c3ccccc3)n(C)c3ccccc23)cc1. The summed E-state index contributed by atoms with van der Waals surface area (Å²) in [5, 5.41) is 4.11. The number of hydrogen-bond donors (Lipinski definition) is 1. The molecule has 4 rings (SSSR count). The highest BCUT2D eigenvalue weighted by Gasteiger charge is 2.14. The van der Waals surface area contributed by atoms with E-state index in [0.29, 0.717) is 6.54 Å². The third-order valence-corrected chi connectivity index (χ3v) is 5.18. The molecule has 0 fully saturated rings. The molecule has 0 spiro atoms. The van der Waals surface area contributed by atoms with Crippen molar-refractivity contribution in [3.8, 4) is 11.3 Å². The molecule has 0 saturated heterocycles. The Bertz CT molecular complexity index is 1170. The van der Waals surface area contributed by atoms with Crippen molar-refractivity contribution in [1.29, 1.82) is 0 Å². The first-order valence-electron chi connectivity index (χ1n) is 9.78. The predicted molar refractivity (Wildman–Crippen MR) is 120 cm³/mol. The number of aromatic nitrogens is 1. The molecule has 1 aromatic heterocycles. The maximum Gasteiger partial charge on any atom is 0.244 e. The van der Waals surface area contributed by atoms with Gasteiger partial charge in [0.05, 0.1) is 5.69 Å². The average Bonchev–Trinajstić information content (AvgIpc) is 3.04. The first-order chi connectivity index (χ1) is 14.1. The van der Waals surface area contributed by atoms with Gasteiger partial charge in [-0.2, -0.15) is 0 Å². The van der Waals surface area contributed by atoms with Gasteiger partial charge in [-0.25, -0.2) is 0 Å². The van der Waals surface area contributed by atoms with Gasteiger partial charge in [0.1, 0.15) is 0 Å². The molecule has 4 aromatic rings. The van der Waals surface area contributed by atoms with Gasteiger partial charge in [-0.1, -0.05) is 78.4 Å². The fourth-order valence-corrected chi connectivity index (χ4v) is 3.65. The summed E-state index contributed by atoms with van der Waals surface area (Å²) in [6.45, 7) is 2.57. The predicted octanol–water partition coefficient (Wildman–Crippen LogP) is 5.48. The number of amides is 1. The number of aryl methyl sites for hydroxylation is 2. The molecule has 0 radical (unpaired) electrons. The van der Waals surface area contributed by atoms with E-state index < -0.39 is 0 Å². The summed E-state index contributed by atoms with van der Waals surface area (Å²) in [7, 11) is 2.07. The minimum Gasteiger partial charge on any atom is -0.348 e. The third-order valence-electron chi connectivity index (χ3n) is 5.18. The van der Waals surface area contributed by atoms with Crippen molar-refractivity contribution in [3.05, 3.63) is 102 Å². The van der Waals surface area contributed by atoms with E-state index >= 15 is 0 Å². The summed E-state index contributed by atoms with van der Waals surface area (Å²) < 4.78 is 2.19. The van der Waals surface area contributed by atoms with Gasteiger partial charge in [0.25, 0.3) is 0 Å². The van der Waals surface area contributed by atoms with Gasteiger partial charge in [-0.05, 0) is 30.2 Å². The van der Waals surface area contributed by atoms with E-state index in [0.717, 1.165) is 33.3 Å². The highest BCUT2D eigenvalue weighted by Crippen LogP contribution is 2.33. The molecule has 3 aromatic carbocycles. The lowest BCUT2D eigenvalue weighted by Crippen LogP contribution is -2.20. The van der Waals surface area contributed by atoms with Crippen molar-refractivity contribution in [1.82, 2.24) is 9.88 Å². The van der Waals surface area contributed by atoms with Crippen LogP contribution < -0.4 is 5.32 Å². The zero-order valence-corrected chi connectivity index (χ0v) is 16.7. The van der Waals surface area contributed by atoms with Gasteiger partial charge in [-0.15, -0.1) is 0 Å². The summed E-state index contributed by atoms with van der Waals surface area (Å²) in [5.74, 6) is -0.0995. The molecule has 1 heterocycles. The van der Waals surface area contributed by atoms with Crippen molar-refractivity contribution >= 4 is 22.9 Å². The van der Waals surface area contributed by atoms with Crippen LogP contribution in [0.3, 0.4) is 0 Å². The third kappa shape index (κ3) is 3.99. The van der Waals surface area contributed by atoms with Gasteiger partial charge >= 0.3 is 0 Å². The highest BCUT2D eigenvalue weighted by molar-refractivity contribution is 6.01. The van der Waals surface area contributed by atoms with Crippen LogP contribution in [0.2, 0.25) is 0 Å². The fourth-order valence-electron chi connectivity index (χ4n) is 3.65. The Morgan fingerprint density at radius 1 is 0.931 bits per heavy atom. The van der Waals surface area contributed by atoms with Crippen molar-refractivity contribution in [2.45, 2.75) is 13.5 Å².